The van der Waals surface area contributed by atoms with E-state index in [1.54, 1.807) is 0 Å². The quantitative estimate of drug-likeness (QED) is 0.308. The minimum absolute atomic E-state index is 1.20. The smallest absolute Gasteiger partial charge is 0.0467 e. The first-order valence-electron chi connectivity index (χ1n) is 9.21. The van der Waals surface area contributed by atoms with Gasteiger partial charge in [-0.15, -0.1) is 11.3 Å². The molecule has 4 aromatic carbocycles. The summed E-state index contributed by atoms with van der Waals surface area (Å²) in [5.74, 6) is 0. The van der Waals surface area contributed by atoms with Crippen molar-refractivity contribution in [2.75, 3.05) is 0 Å². The van der Waals surface area contributed by atoms with E-state index in [2.05, 4.69) is 90.8 Å². The van der Waals surface area contributed by atoms with E-state index in [-0.39, 0.29) is 0 Å². The lowest BCUT2D eigenvalue weighted by molar-refractivity contribution is 1.47. The number of rotatable bonds is 1. The van der Waals surface area contributed by atoms with Gasteiger partial charge < -0.3 is 4.98 Å². The van der Waals surface area contributed by atoms with Gasteiger partial charge in [0, 0.05) is 42.0 Å². The van der Waals surface area contributed by atoms with Gasteiger partial charge in [-0.05, 0) is 47.9 Å². The van der Waals surface area contributed by atoms with Crippen LogP contribution in [-0.4, -0.2) is 4.98 Å². The summed E-state index contributed by atoms with van der Waals surface area (Å²) in [6, 6.07) is 28.8. The van der Waals surface area contributed by atoms with Gasteiger partial charge in [-0.1, -0.05) is 54.6 Å². The number of benzene rings is 4. The second-order valence-corrected chi connectivity index (χ2v) is 8.27. The van der Waals surface area contributed by atoms with Crippen LogP contribution in [0.4, 0.5) is 0 Å². The predicted molar refractivity (Wildman–Crippen MR) is 119 cm³/mol. The molecule has 0 unspecified atom stereocenters. The molecule has 2 heterocycles. The van der Waals surface area contributed by atoms with Crippen molar-refractivity contribution in [3.05, 3.63) is 84.4 Å². The molecule has 0 aliphatic heterocycles. The van der Waals surface area contributed by atoms with Crippen molar-refractivity contribution >= 4 is 53.3 Å². The Kier molecular flexibility index (Phi) is 3.03. The third-order valence-electron chi connectivity index (χ3n) is 5.47. The summed E-state index contributed by atoms with van der Waals surface area (Å²) in [5, 5.41) is 5.28. The third-order valence-corrected chi connectivity index (χ3v) is 6.69. The summed E-state index contributed by atoms with van der Waals surface area (Å²) in [4.78, 5) is 3.56. The zero-order valence-electron chi connectivity index (χ0n) is 14.9. The summed E-state index contributed by atoms with van der Waals surface area (Å²) in [6.07, 6.45) is 0. The van der Waals surface area contributed by atoms with Gasteiger partial charge in [-0.25, -0.2) is 0 Å². The molecular weight excluding hydrogens is 346 g/mol. The van der Waals surface area contributed by atoms with Gasteiger partial charge in [0.25, 0.3) is 0 Å². The maximum absolute atomic E-state index is 3.56. The first-order chi connectivity index (χ1) is 13.3. The first kappa shape index (κ1) is 15.0. The molecule has 2 aromatic heterocycles. The van der Waals surface area contributed by atoms with Crippen LogP contribution in [0.15, 0.2) is 78.9 Å². The number of fused-ring (bicyclic) bond motifs is 6. The maximum Gasteiger partial charge on any atom is 0.0467 e. The van der Waals surface area contributed by atoms with E-state index in [0.717, 1.165) is 0 Å². The van der Waals surface area contributed by atoms with Crippen LogP contribution < -0.4 is 0 Å². The maximum atomic E-state index is 3.56. The largest absolute Gasteiger partial charge is 0.355 e. The Bertz CT molecular complexity index is 1480. The van der Waals surface area contributed by atoms with E-state index in [0.29, 0.717) is 0 Å². The zero-order chi connectivity index (χ0) is 18.0. The van der Waals surface area contributed by atoms with Crippen LogP contribution in [0.3, 0.4) is 0 Å². The Hall–Kier alpha value is -3.10. The molecule has 0 atom stereocenters. The molecule has 6 rings (SSSR count). The number of hydrogen-bond donors (Lipinski definition) is 1. The molecule has 0 saturated carbocycles. The molecule has 0 aliphatic carbocycles. The molecule has 128 valence electrons. The van der Waals surface area contributed by atoms with Crippen molar-refractivity contribution in [1.29, 1.82) is 0 Å². The number of hydrogen-bond acceptors (Lipinski definition) is 1. The Morgan fingerprint density at radius 1 is 0.667 bits per heavy atom. The molecule has 0 fully saturated rings. The van der Waals surface area contributed by atoms with Crippen molar-refractivity contribution in [3.63, 3.8) is 0 Å². The van der Waals surface area contributed by atoms with Gasteiger partial charge in [0.1, 0.15) is 0 Å². The molecule has 0 amide bonds. The second-order valence-electron chi connectivity index (χ2n) is 7.21. The van der Waals surface area contributed by atoms with Crippen LogP contribution in [0.1, 0.15) is 5.56 Å². The lowest BCUT2D eigenvalue weighted by atomic mass is 10.0. The van der Waals surface area contributed by atoms with E-state index in [1.807, 2.05) is 11.3 Å². The fraction of sp³-hybridized carbons (Fsp3) is 0.0400. The molecule has 6 aromatic rings. The highest BCUT2D eigenvalue weighted by Crippen LogP contribution is 2.40. The summed E-state index contributed by atoms with van der Waals surface area (Å²) in [6.45, 7) is 2.14. The Morgan fingerprint density at radius 3 is 2.52 bits per heavy atom. The molecule has 1 nitrogen and oxygen atoms in total. The molecule has 1 N–H and O–H groups in total. The first-order valence-corrected chi connectivity index (χ1v) is 10.0. The van der Waals surface area contributed by atoms with Crippen LogP contribution in [0.2, 0.25) is 0 Å². The summed E-state index contributed by atoms with van der Waals surface area (Å²) in [5.41, 5.74) is 6.28. The average molecular weight is 363 g/mol. The Labute approximate surface area is 160 Å². The molecule has 0 saturated heterocycles. The standard InChI is InChI=1S/C25H17NS/c1-15-9-11-18-21-14-16(10-12-22(21)26-23(18)13-15)17-6-4-7-20-19-5-2-3-8-24(19)27-25(17)20/h2-14,26H,1H3. The molecular formula is C25H17NS. The monoisotopic (exact) mass is 363 g/mol. The number of aromatic nitrogens is 1. The Morgan fingerprint density at radius 2 is 1.56 bits per heavy atom. The normalized spacial score (nSPS) is 11.9. The summed E-state index contributed by atoms with van der Waals surface area (Å²) >= 11 is 1.89. The van der Waals surface area contributed by atoms with Crippen LogP contribution in [0.5, 0.6) is 0 Å². The fourth-order valence-electron chi connectivity index (χ4n) is 4.16. The molecule has 27 heavy (non-hydrogen) atoms. The molecule has 0 radical (unpaired) electrons. The van der Waals surface area contributed by atoms with Crippen molar-refractivity contribution < 1.29 is 0 Å². The number of aryl methyl sites for hydroxylation is 1. The van der Waals surface area contributed by atoms with Gasteiger partial charge in [0.05, 0.1) is 0 Å². The molecule has 2 heteroatoms. The SMILES string of the molecule is Cc1ccc2c(c1)[nH]c1ccc(-c3cccc4c3sc3ccccc34)cc12. The summed E-state index contributed by atoms with van der Waals surface area (Å²) in [7, 11) is 0. The van der Waals surface area contributed by atoms with E-state index in [4.69, 9.17) is 0 Å². The number of thiophene rings is 1. The van der Waals surface area contributed by atoms with Crippen molar-refractivity contribution in [2.45, 2.75) is 6.92 Å². The van der Waals surface area contributed by atoms with Crippen molar-refractivity contribution in [3.8, 4) is 11.1 Å². The van der Waals surface area contributed by atoms with Crippen molar-refractivity contribution in [1.82, 2.24) is 4.98 Å². The predicted octanol–water partition coefficient (Wildman–Crippen LogP) is 7.66. The minimum atomic E-state index is 1.20. The topological polar surface area (TPSA) is 15.8 Å². The Balaban J connectivity index is 1.66. The van der Waals surface area contributed by atoms with E-state index in [1.165, 1.54) is 58.7 Å². The fourth-order valence-corrected chi connectivity index (χ4v) is 5.40. The number of aromatic amines is 1. The van der Waals surface area contributed by atoms with E-state index >= 15 is 0 Å². The highest BCUT2D eigenvalue weighted by molar-refractivity contribution is 7.26. The lowest BCUT2D eigenvalue weighted by Gasteiger charge is -2.04. The molecule has 0 bridgehead atoms. The molecule has 0 spiro atoms. The zero-order valence-corrected chi connectivity index (χ0v) is 15.7. The van der Waals surface area contributed by atoms with Crippen LogP contribution in [0.25, 0.3) is 53.1 Å². The third kappa shape index (κ3) is 2.17. The van der Waals surface area contributed by atoms with Crippen LogP contribution in [-0.2, 0) is 0 Å². The van der Waals surface area contributed by atoms with E-state index in [9.17, 15) is 0 Å². The van der Waals surface area contributed by atoms with Gasteiger partial charge in [0.15, 0.2) is 0 Å². The van der Waals surface area contributed by atoms with Gasteiger partial charge in [0.2, 0.25) is 0 Å². The number of H-pyrrole nitrogens is 1. The summed E-state index contributed by atoms with van der Waals surface area (Å²) < 4.78 is 2.72. The number of nitrogens with one attached hydrogen (secondary N) is 1. The minimum Gasteiger partial charge on any atom is -0.355 e. The van der Waals surface area contributed by atoms with Crippen molar-refractivity contribution in [2.24, 2.45) is 0 Å². The van der Waals surface area contributed by atoms with Crippen LogP contribution in [0, 0.1) is 6.92 Å². The lowest BCUT2D eigenvalue weighted by Crippen LogP contribution is -1.78. The van der Waals surface area contributed by atoms with E-state index < -0.39 is 0 Å². The van der Waals surface area contributed by atoms with Crippen LogP contribution >= 0.6 is 11.3 Å². The second kappa shape index (κ2) is 5.45. The van der Waals surface area contributed by atoms with Gasteiger partial charge in [-0.2, -0.15) is 0 Å². The highest BCUT2D eigenvalue weighted by atomic mass is 32.1. The van der Waals surface area contributed by atoms with Gasteiger partial charge in [-0.3, -0.25) is 0 Å². The highest BCUT2D eigenvalue weighted by Gasteiger charge is 2.12. The molecule has 0 aliphatic rings. The average Bonchev–Trinajstić information content (AvgIpc) is 3.24. The van der Waals surface area contributed by atoms with Gasteiger partial charge >= 0.3 is 0 Å².